The number of aromatic nitrogens is 2. The van der Waals surface area contributed by atoms with Gasteiger partial charge in [0.15, 0.2) is 5.78 Å². The molecule has 0 amide bonds. The number of anilines is 1. The molecule has 0 aliphatic heterocycles. The lowest BCUT2D eigenvalue weighted by Crippen LogP contribution is -2.25. The molecule has 1 heterocycles. The highest BCUT2D eigenvalue weighted by molar-refractivity contribution is 6.02. The number of carbonyl (C=O) groups is 1. The molecule has 1 atom stereocenters. The number of hydrogen-bond acceptors (Lipinski definition) is 6. The molecule has 1 aromatic rings. The van der Waals surface area contributed by atoms with Crippen LogP contribution in [0, 0.1) is 28.6 Å². The molecule has 100 valence electrons. The predicted octanol–water partition coefficient (Wildman–Crippen LogP) is 0.625. The van der Waals surface area contributed by atoms with E-state index in [1.54, 1.807) is 12.1 Å². The molecule has 19 heavy (non-hydrogen) atoms. The first-order valence-corrected chi connectivity index (χ1v) is 5.65. The Labute approximate surface area is 110 Å². The van der Waals surface area contributed by atoms with Crippen LogP contribution < -0.4 is 11.4 Å². The molecule has 0 bridgehead atoms. The quantitative estimate of drug-likeness (QED) is 0.795. The van der Waals surface area contributed by atoms with E-state index in [2.05, 4.69) is 4.98 Å². The van der Waals surface area contributed by atoms with E-state index in [4.69, 9.17) is 16.3 Å². The van der Waals surface area contributed by atoms with Crippen LogP contribution in [0.4, 0.5) is 5.82 Å². The fourth-order valence-electron chi connectivity index (χ4n) is 1.22. The Morgan fingerprint density at radius 3 is 2.58 bits per heavy atom. The third-order valence-electron chi connectivity index (χ3n) is 2.15. The van der Waals surface area contributed by atoms with E-state index in [-0.39, 0.29) is 17.8 Å². The van der Waals surface area contributed by atoms with Crippen LogP contribution in [0.15, 0.2) is 11.0 Å². The van der Waals surface area contributed by atoms with Gasteiger partial charge >= 0.3 is 5.69 Å². The Morgan fingerprint density at radius 2 is 2.11 bits per heavy atom. The fraction of sp³-hybridized carbons (Fsp3) is 0.417. The lowest BCUT2D eigenvalue weighted by molar-refractivity contribution is 0.0950. The maximum atomic E-state index is 11.8. The van der Waals surface area contributed by atoms with E-state index in [0.717, 1.165) is 4.57 Å². The first kappa shape index (κ1) is 16.3. The van der Waals surface area contributed by atoms with Crippen molar-refractivity contribution in [1.29, 1.82) is 10.5 Å². The highest BCUT2D eigenvalue weighted by Crippen LogP contribution is 2.14. The molecule has 1 rings (SSSR count). The SMILES string of the molecule is CC.Cn1cc(C(=O)C(C#N)CC#N)c(N)nc1=O. The van der Waals surface area contributed by atoms with E-state index in [0.29, 0.717) is 0 Å². The summed E-state index contributed by atoms with van der Waals surface area (Å²) in [5.41, 5.74) is 4.83. The normalized spacial score (nSPS) is 10.4. The summed E-state index contributed by atoms with van der Waals surface area (Å²) < 4.78 is 1.09. The average Bonchev–Trinajstić information content (AvgIpc) is 2.41. The molecule has 2 N–H and O–H groups in total. The average molecular weight is 261 g/mol. The molecule has 1 unspecified atom stereocenters. The summed E-state index contributed by atoms with van der Waals surface area (Å²) >= 11 is 0. The van der Waals surface area contributed by atoms with E-state index >= 15 is 0 Å². The second kappa shape index (κ2) is 7.62. The highest BCUT2D eigenvalue weighted by Gasteiger charge is 2.22. The van der Waals surface area contributed by atoms with Crippen molar-refractivity contribution in [2.24, 2.45) is 13.0 Å². The number of rotatable bonds is 3. The van der Waals surface area contributed by atoms with Crippen LogP contribution >= 0.6 is 0 Å². The van der Waals surface area contributed by atoms with Gasteiger partial charge in [-0.15, -0.1) is 0 Å². The van der Waals surface area contributed by atoms with Gasteiger partial charge in [-0.25, -0.2) is 4.79 Å². The molecule has 0 fully saturated rings. The maximum absolute atomic E-state index is 11.8. The topological polar surface area (TPSA) is 126 Å². The van der Waals surface area contributed by atoms with Gasteiger partial charge < -0.3 is 10.3 Å². The summed E-state index contributed by atoms with van der Waals surface area (Å²) in [4.78, 5) is 26.4. The van der Waals surface area contributed by atoms with Crippen molar-refractivity contribution >= 4 is 11.6 Å². The number of hydrogen-bond donors (Lipinski definition) is 1. The zero-order chi connectivity index (χ0) is 15.0. The van der Waals surface area contributed by atoms with Crippen molar-refractivity contribution in [2.75, 3.05) is 5.73 Å². The molecule has 0 aliphatic carbocycles. The zero-order valence-electron chi connectivity index (χ0n) is 11.0. The van der Waals surface area contributed by atoms with Gasteiger partial charge in [-0.1, -0.05) is 13.8 Å². The van der Waals surface area contributed by atoms with Crippen molar-refractivity contribution in [2.45, 2.75) is 20.3 Å². The molecule has 0 saturated heterocycles. The summed E-state index contributed by atoms with van der Waals surface area (Å²) in [6.45, 7) is 4.00. The predicted molar refractivity (Wildman–Crippen MR) is 68.9 cm³/mol. The van der Waals surface area contributed by atoms with Crippen molar-refractivity contribution in [1.82, 2.24) is 9.55 Å². The largest absolute Gasteiger partial charge is 0.383 e. The third kappa shape index (κ3) is 3.93. The molecule has 0 saturated carbocycles. The molecule has 7 nitrogen and oxygen atoms in total. The van der Waals surface area contributed by atoms with E-state index < -0.39 is 17.4 Å². The third-order valence-corrected chi connectivity index (χ3v) is 2.15. The summed E-state index contributed by atoms with van der Waals surface area (Å²) in [5, 5.41) is 17.2. The first-order valence-electron chi connectivity index (χ1n) is 5.65. The Hall–Kier alpha value is -2.67. The van der Waals surface area contributed by atoms with Crippen LogP contribution in [0.1, 0.15) is 30.6 Å². The minimum absolute atomic E-state index is 0.0195. The molecule has 0 aromatic carbocycles. The van der Waals surface area contributed by atoms with Gasteiger partial charge in [-0.2, -0.15) is 15.5 Å². The van der Waals surface area contributed by atoms with Gasteiger partial charge in [0.25, 0.3) is 0 Å². The van der Waals surface area contributed by atoms with Gasteiger partial charge in [0.2, 0.25) is 0 Å². The molecule has 0 radical (unpaired) electrons. The van der Waals surface area contributed by atoms with Gasteiger partial charge in [0.05, 0.1) is 24.1 Å². The van der Waals surface area contributed by atoms with Crippen LogP contribution in [0.5, 0.6) is 0 Å². The van der Waals surface area contributed by atoms with Crippen LogP contribution in [0.3, 0.4) is 0 Å². The van der Waals surface area contributed by atoms with Gasteiger partial charge in [0, 0.05) is 13.2 Å². The van der Waals surface area contributed by atoms with Crippen LogP contribution in [-0.4, -0.2) is 15.3 Å². The Balaban J connectivity index is 0.00000154. The number of carbonyl (C=O) groups excluding carboxylic acids is 1. The standard InChI is InChI=1S/C10H9N5O2.C2H6/c1-15-5-7(9(13)14-10(15)17)8(16)6(4-12)2-3-11;1-2/h5-6H,2H2,1H3,(H2,13,14,17);1-2H3. The van der Waals surface area contributed by atoms with Crippen molar-refractivity contribution in [3.8, 4) is 12.1 Å². The minimum atomic E-state index is -1.10. The number of nitrogen functional groups attached to an aromatic ring is 1. The van der Waals surface area contributed by atoms with Crippen LogP contribution in [-0.2, 0) is 7.05 Å². The van der Waals surface area contributed by atoms with Crippen molar-refractivity contribution in [3.05, 3.63) is 22.2 Å². The Bertz CT molecular complexity index is 592. The van der Waals surface area contributed by atoms with Crippen molar-refractivity contribution < 1.29 is 4.79 Å². The van der Waals surface area contributed by atoms with Gasteiger partial charge in [0.1, 0.15) is 11.7 Å². The van der Waals surface area contributed by atoms with Crippen molar-refractivity contribution in [3.63, 3.8) is 0 Å². The van der Waals surface area contributed by atoms with E-state index in [1.165, 1.54) is 13.2 Å². The number of nitrogens with two attached hydrogens (primary N) is 1. The van der Waals surface area contributed by atoms with Crippen LogP contribution in [0.2, 0.25) is 0 Å². The number of ketones is 1. The summed E-state index contributed by atoms with van der Waals surface area (Å²) in [6, 6.07) is 3.46. The lowest BCUT2D eigenvalue weighted by atomic mass is 9.98. The monoisotopic (exact) mass is 261 g/mol. The number of nitriles is 2. The zero-order valence-corrected chi connectivity index (χ0v) is 11.0. The summed E-state index contributed by atoms with van der Waals surface area (Å²) in [6.07, 6.45) is 0.992. The van der Waals surface area contributed by atoms with E-state index in [9.17, 15) is 9.59 Å². The minimum Gasteiger partial charge on any atom is -0.383 e. The van der Waals surface area contributed by atoms with Crippen LogP contribution in [0.25, 0.3) is 0 Å². The van der Waals surface area contributed by atoms with E-state index in [1.807, 2.05) is 13.8 Å². The molecule has 1 aromatic heterocycles. The summed E-state index contributed by atoms with van der Waals surface area (Å²) in [7, 11) is 1.41. The second-order valence-corrected chi connectivity index (χ2v) is 3.34. The molecular weight excluding hydrogens is 246 g/mol. The second-order valence-electron chi connectivity index (χ2n) is 3.34. The van der Waals surface area contributed by atoms with Gasteiger partial charge in [-0.05, 0) is 0 Å². The fourth-order valence-corrected chi connectivity index (χ4v) is 1.22. The first-order chi connectivity index (χ1) is 9.01. The Kier molecular flexibility index (Phi) is 6.55. The number of aryl methyl sites for hydroxylation is 1. The highest BCUT2D eigenvalue weighted by atomic mass is 16.1. The number of nitrogens with zero attached hydrogens (tertiary/aromatic N) is 4. The molecule has 7 heteroatoms. The lowest BCUT2D eigenvalue weighted by Gasteiger charge is -2.07. The molecule has 0 spiro atoms. The molecule has 0 aliphatic rings. The maximum Gasteiger partial charge on any atom is 0.349 e. The van der Waals surface area contributed by atoms with Gasteiger partial charge in [-0.3, -0.25) is 4.79 Å². The summed E-state index contributed by atoms with van der Waals surface area (Å²) in [5.74, 6) is -1.92. The Morgan fingerprint density at radius 1 is 1.53 bits per heavy atom. The molecular formula is C12H15N5O2. The number of Topliss-reactive ketones (excluding diaryl/α,β-unsaturated/α-hetero) is 1. The smallest absolute Gasteiger partial charge is 0.349 e.